The Labute approximate surface area is 202 Å². The molecule has 1 aromatic heterocycles. The molecule has 0 amide bonds. The van der Waals surface area contributed by atoms with Gasteiger partial charge in [0.1, 0.15) is 41.4 Å². The number of hydrogen-bond donors (Lipinski definition) is 1. The number of pyridine rings is 1. The SMILES string of the molecule is CC(CC=O)COc1ccc(Nc2ccc3cccc(OCc4ccccc4)c3n2)c([N+](=O)[O-])c1. The lowest BCUT2D eigenvalue weighted by Crippen LogP contribution is -2.09. The van der Waals surface area contributed by atoms with Crippen LogP contribution in [0.3, 0.4) is 0 Å². The minimum atomic E-state index is -0.473. The Morgan fingerprint density at radius 2 is 1.86 bits per heavy atom. The number of carbonyl (C=O) groups is 1. The number of fused-ring (bicyclic) bond motifs is 1. The van der Waals surface area contributed by atoms with Gasteiger partial charge in [-0.25, -0.2) is 4.98 Å². The molecule has 8 heteroatoms. The molecule has 35 heavy (non-hydrogen) atoms. The third kappa shape index (κ3) is 6.11. The second-order valence-corrected chi connectivity index (χ2v) is 8.18. The molecule has 1 N–H and O–H groups in total. The fourth-order valence-corrected chi connectivity index (χ4v) is 3.51. The van der Waals surface area contributed by atoms with E-state index in [9.17, 15) is 14.9 Å². The summed E-state index contributed by atoms with van der Waals surface area (Å²) in [6.45, 7) is 2.57. The highest BCUT2D eigenvalue weighted by Gasteiger charge is 2.17. The van der Waals surface area contributed by atoms with E-state index in [0.717, 1.165) is 17.2 Å². The smallest absolute Gasteiger partial charge is 0.296 e. The molecule has 4 aromatic rings. The highest BCUT2D eigenvalue weighted by Crippen LogP contribution is 2.33. The van der Waals surface area contributed by atoms with Gasteiger partial charge in [0.15, 0.2) is 0 Å². The van der Waals surface area contributed by atoms with Crippen LogP contribution in [0.2, 0.25) is 0 Å². The van der Waals surface area contributed by atoms with Crippen LogP contribution in [-0.2, 0) is 11.4 Å². The average Bonchev–Trinajstić information content (AvgIpc) is 2.87. The van der Waals surface area contributed by atoms with Gasteiger partial charge in [-0.2, -0.15) is 0 Å². The van der Waals surface area contributed by atoms with E-state index in [2.05, 4.69) is 10.3 Å². The van der Waals surface area contributed by atoms with Crippen molar-refractivity contribution in [1.29, 1.82) is 0 Å². The maximum Gasteiger partial charge on any atom is 0.296 e. The fourth-order valence-electron chi connectivity index (χ4n) is 3.51. The van der Waals surface area contributed by atoms with Crippen molar-refractivity contribution in [3.05, 3.63) is 94.5 Å². The largest absolute Gasteiger partial charge is 0.493 e. The van der Waals surface area contributed by atoms with Crippen molar-refractivity contribution in [3.63, 3.8) is 0 Å². The van der Waals surface area contributed by atoms with Crippen LogP contribution >= 0.6 is 0 Å². The molecule has 0 bridgehead atoms. The van der Waals surface area contributed by atoms with Crippen LogP contribution in [0.1, 0.15) is 18.9 Å². The van der Waals surface area contributed by atoms with E-state index in [1.807, 2.05) is 61.5 Å². The Balaban J connectivity index is 1.55. The number of hydrogen-bond acceptors (Lipinski definition) is 7. The maximum atomic E-state index is 11.7. The molecule has 0 fully saturated rings. The molecule has 4 rings (SSSR count). The molecule has 178 valence electrons. The van der Waals surface area contributed by atoms with Gasteiger partial charge < -0.3 is 19.6 Å². The molecule has 1 atom stereocenters. The predicted octanol–water partition coefficient (Wildman–Crippen LogP) is 6.07. The van der Waals surface area contributed by atoms with Gasteiger partial charge in [0.05, 0.1) is 17.6 Å². The van der Waals surface area contributed by atoms with Gasteiger partial charge in [-0.1, -0.05) is 49.4 Å². The summed E-state index contributed by atoms with van der Waals surface area (Å²) in [5.41, 5.74) is 1.84. The van der Waals surface area contributed by atoms with Crippen LogP contribution in [0.4, 0.5) is 17.2 Å². The number of rotatable bonds is 11. The Hall–Kier alpha value is -4.46. The van der Waals surface area contributed by atoms with Gasteiger partial charge in [0.25, 0.3) is 5.69 Å². The number of benzene rings is 3. The summed E-state index contributed by atoms with van der Waals surface area (Å²) in [5, 5.41) is 15.7. The van der Waals surface area contributed by atoms with Crippen LogP contribution in [0.25, 0.3) is 10.9 Å². The molecule has 0 spiro atoms. The molecular weight excluding hydrogens is 446 g/mol. The summed E-state index contributed by atoms with van der Waals surface area (Å²) in [7, 11) is 0. The fraction of sp³-hybridized carbons (Fsp3) is 0.185. The summed E-state index contributed by atoms with van der Waals surface area (Å²) in [6, 6.07) is 23.8. The number of nitro groups is 1. The molecular formula is C27H25N3O5. The average molecular weight is 472 g/mol. The monoisotopic (exact) mass is 471 g/mol. The number of aldehydes is 1. The first kappa shape index (κ1) is 23.7. The van der Waals surface area contributed by atoms with E-state index in [-0.39, 0.29) is 17.3 Å². The van der Waals surface area contributed by atoms with E-state index in [4.69, 9.17) is 9.47 Å². The molecule has 0 saturated heterocycles. The second-order valence-electron chi connectivity index (χ2n) is 8.18. The van der Waals surface area contributed by atoms with Gasteiger partial charge in [0.2, 0.25) is 0 Å². The van der Waals surface area contributed by atoms with Gasteiger partial charge in [-0.05, 0) is 41.8 Å². The zero-order valence-corrected chi connectivity index (χ0v) is 19.2. The number of ether oxygens (including phenoxy) is 2. The quantitative estimate of drug-likeness (QED) is 0.161. The van der Waals surface area contributed by atoms with Gasteiger partial charge in [0, 0.05) is 11.8 Å². The van der Waals surface area contributed by atoms with Crippen molar-refractivity contribution in [1.82, 2.24) is 4.98 Å². The molecule has 0 radical (unpaired) electrons. The lowest BCUT2D eigenvalue weighted by molar-refractivity contribution is -0.384. The zero-order chi connectivity index (χ0) is 24.6. The number of para-hydroxylation sites is 1. The van der Waals surface area contributed by atoms with Gasteiger partial charge in [-0.15, -0.1) is 0 Å². The number of nitrogens with zero attached hydrogens (tertiary/aromatic N) is 2. The van der Waals surface area contributed by atoms with Crippen molar-refractivity contribution in [2.24, 2.45) is 5.92 Å². The van der Waals surface area contributed by atoms with Crippen molar-refractivity contribution < 1.29 is 19.2 Å². The molecule has 0 aliphatic carbocycles. The predicted molar refractivity (Wildman–Crippen MR) is 134 cm³/mol. The molecule has 0 aliphatic rings. The van der Waals surface area contributed by atoms with E-state index in [1.54, 1.807) is 18.2 Å². The first-order valence-electron chi connectivity index (χ1n) is 11.2. The highest BCUT2D eigenvalue weighted by atomic mass is 16.6. The molecule has 1 unspecified atom stereocenters. The van der Waals surface area contributed by atoms with E-state index in [0.29, 0.717) is 42.5 Å². The van der Waals surface area contributed by atoms with Crippen molar-refractivity contribution in [2.75, 3.05) is 11.9 Å². The lowest BCUT2D eigenvalue weighted by atomic mass is 10.1. The number of nitrogens with one attached hydrogen (secondary N) is 1. The summed E-state index contributed by atoms with van der Waals surface area (Å²) in [5.74, 6) is 1.45. The molecule has 0 saturated carbocycles. The topological polar surface area (TPSA) is 104 Å². The van der Waals surface area contributed by atoms with E-state index >= 15 is 0 Å². The number of aromatic nitrogens is 1. The number of carbonyl (C=O) groups excluding carboxylic acids is 1. The third-order valence-corrected chi connectivity index (χ3v) is 5.38. The first-order valence-corrected chi connectivity index (χ1v) is 11.2. The Morgan fingerprint density at radius 3 is 2.63 bits per heavy atom. The van der Waals surface area contributed by atoms with Crippen molar-refractivity contribution >= 4 is 34.4 Å². The molecule has 8 nitrogen and oxygen atoms in total. The summed E-state index contributed by atoms with van der Waals surface area (Å²) >= 11 is 0. The van der Waals surface area contributed by atoms with E-state index in [1.165, 1.54) is 6.07 Å². The maximum absolute atomic E-state index is 11.7. The van der Waals surface area contributed by atoms with Crippen molar-refractivity contribution in [2.45, 2.75) is 20.0 Å². The highest BCUT2D eigenvalue weighted by molar-refractivity contribution is 5.86. The Kier molecular flexibility index (Phi) is 7.52. The third-order valence-electron chi connectivity index (χ3n) is 5.38. The summed E-state index contributed by atoms with van der Waals surface area (Å²) < 4.78 is 11.6. The van der Waals surface area contributed by atoms with Crippen molar-refractivity contribution in [3.8, 4) is 11.5 Å². The summed E-state index contributed by atoms with van der Waals surface area (Å²) in [6.07, 6.45) is 1.20. The van der Waals surface area contributed by atoms with Crippen LogP contribution in [-0.4, -0.2) is 22.8 Å². The Morgan fingerprint density at radius 1 is 1.03 bits per heavy atom. The standard InChI is InChI=1S/C27H25N3O5/c1-19(14-15-31)17-34-22-11-12-23(24(16-22)30(32)33)28-26-13-10-21-8-5-9-25(27(21)29-26)35-18-20-6-3-2-4-7-20/h2-13,15-16,19H,14,17-18H2,1H3,(H,28,29). The zero-order valence-electron chi connectivity index (χ0n) is 19.2. The van der Waals surface area contributed by atoms with Gasteiger partial charge in [-0.3, -0.25) is 10.1 Å². The van der Waals surface area contributed by atoms with Crippen LogP contribution in [0.5, 0.6) is 11.5 Å². The molecule has 0 aliphatic heterocycles. The number of nitro benzene ring substituents is 1. The summed E-state index contributed by atoms with van der Waals surface area (Å²) in [4.78, 5) is 26.5. The lowest BCUT2D eigenvalue weighted by Gasteiger charge is -2.13. The molecule has 1 heterocycles. The second kappa shape index (κ2) is 11.1. The van der Waals surface area contributed by atoms with Gasteiger partial charge >= 0.3 is 0 Å². The van der Waals surface area contributed by atoms with Crippen LogP contribution in [0.15, 0.2) is 78.9 Å². The van der Waals surface area contributed by atoms with Crippen LogP contribution < -0.4 is 14.8 Å². The first-order chi connectivity index (χ1) is 17.0. The minimum absolute atomic E-state index is 0.0180. The number of anilines is 2. The molecule has 3 aromatic carbocycles. The Bertz CT molecular complexity index is 1330. The van der Waals surface area contributed by atoms with Crippen LogP contribution in [0, 0.1) is 16.0 Å². The van der Waals surface area contributed by atoms with E-state index < -0.39 is 4.92 Å². The normalized spacial score (nSPS) is 11.6. The minimum Gasteiger partial charge on any atom is -0.493 e.